The number of alkyl halides is 3. The molecule has 0 spiro atoms. The highest BCUT2D eigenvalue weighted by molar-refractivity contribution is 7.95. The molecule has 0 fully saturated rings. The van der Waals surface area contributed by atoms with Gasteiger partial charge in [0, 0.05) is 12.0 Å². The van der Waals surface area contributed by atoms with Gasteiger partial charge in [-0.25, -0.2) is 0 Å². The van der Waals surface area contributed by atoms with Crippen molar-refractivity contribution >= 4 is 17.8 Å². The fourth-order valence-corrected chi connectivity index (χ4v) is 2.23. The van der Waals surface area contributed by atoms with Crippen molar-refractivity contribution in [1.82, 2.24) is 0 Å². The largest absolute Gasteiger partial charge is 0.479 e. The van der Waals surface area contributed by atoms with Crippen molar-refractivity contribution in [3.63, 3.8) is 0 Å². The molecule has 0 atom stereocenters. The Hall–Kier alpha value is -1.17. The molecule has 1 aliphatic rings. The molecular weight excluding hydrogens is 265 g/mol. The number of fused-ring (bicyclic) bond motifs is 1. The van der Waals surface area contributed by atoms with Crippen molar-refractivity contribution in [3.05, 3.63) is 29.3 Å². The summed E-state index contributed by atoms with van der Waals surface area (Å²) in [5.74, 6) is 0.184. The first-order valence-corrected chi connectivity index (χ1v) is 6.28. The molecule has 1 aromatic rings. The summed E-state index contributed by atoms with van der Waals surface area (Å²) in [4.78, 5) is 11.7. The fourth-order valence-electron chi connectivity index (χ4n) is 1.93. The van der Waals surface area contributed by atoms with Crippen LogP contribution in [0.2, 0.25) is 0 Å². The van der Waals surface area contributed by atoms with Gasteiger partial charge in [-0.05, 0) is 43.0 Å². The molecule has 0 aliphatic heterocycles. The van der Waals surface area contributed by atoms with Gasteiger partial charge in [0.15, 0.2) is 17.8 Å². The minimum Gasteiger partial charge on any atom is -0.417 e. The van der Waals surface area contributed by atoms with E-state index in [1.807, 2.05) is 0 Å². The Bertz CT molecular complexity index is 457. The van der Waals surface area contributed by atoms with E-state index in [0.717, 1.165) is 18.4 Å². The van der Waals surface area contributed by atoms with Gasteiger partial charge in [0.25, 0.3) is 0 Å². The lowest BCUT2D eigenvalue weighted by Crippen LogP contribution is -2.04. The van der Waals surface area contributed by atoms with Crippen LogP contribution in [0.15, 0.2) is 18.2 Å². The van der Waals surface area contributed by atoms with E-state index in [1.165, 1.54) is 12.1 Å². The smallest absolute Gasteiger partial charge is 0.417 e. The van der Waals surface area contributed by atoms with Gasteiger partial charge < -0.3 is 4.18 Å². The number of rotatable bonds is 2. The predicted molar refractivity (Wildman–Crippen MR) is 62.6 cm³/mol. The van der Waals surface area contributed by atoms with Crippen LogP contribution in [0.4, 0.5) is 13.2 Å². The molecule has 0 N–H and O–H groups in total. The summed E-state index contributed by atoms with van der Waals surface area (Å²) in [7, 11) is 0. The standard InChI is InChI=1S/C12H11F3O2S/c13-12(14,15)18-17-9-5-6-10-8(7-9)3-1-2-4-11(10)16/h5-7H,1-4H2. The molecule has 18 heavy (non-hydrogen) atoms. The molecule has 0 heterocycles. The number of halogens is 3. The van der Waals surface area contributed by atoms with Crippen LogP contribution in [0.1, 0.15) is 35.2 Å². The summed E-state index contributed by atoms with van der Waals surface area (Å²) >= 11 is -0.542. The molecule has 98 valence electrons. The van der Waals surface area contributed by atoms with Crippen LogP contribution in [0.25, 0.3) is 0 Å². The lowest BCUT2D eigenvalue weighted by atomic mass is 10.0. The molecule has 0 saturated carbocycles. The third-order valence-corrected chi connectivity index (χ3v) is 3.17. The van der Waals surface area contributed by atoms with Gasteiger partial charge in [0.05, 0.1) is 0 Å². The van der Waals surface area contributed by atoms with E-state index in [2.05, 4.69) is 4.18 Å². The molecule has 0 radical (unpaired) electrons. The SMILES string of the molecule is O=C1CCCCc2cc(OSC(F)(F)F)ccc21. The number of hydrogen-bond acceptors (Lipinski definition) is 3. The highest BCUT2D eigenvalue weighted by Gasteiger charge is 2.31. The van der Waals surface area contributed by atoms with Gasteiger partial charge in [-0.15, -0.1) is 0 Å². The molecule has 2 rings (SSSR count). The van der Waals surface area contributed by atoms with Crippen LogP contribution < -0.4 is 4.18 Å². The highest BCUT2D eigenvalue weighted by Crippen LogP contribution is 2.33. The average Bonchev–Trinajstić information content (AvgIpc) is 2.48. The van der Waals surface area contributed by atoms with Gasteiger partial charge >= 0.3 is 5.51 Å². The second-order valence-electron chi connectivity index (χ2n) is 4.06. The Morgan fingerprint density at radius 2 is 1.89 bits per heavy atom. The number of benzene rings is 1. The second kappa shape index (κ2) is 5.22. The number of aryl methyl sites for hydroxylation is 1. The van der Waals surface area contributed by atoms with Crippen molar-refractivity contribution in [2.45, 2.75) is 31.2 Å². The maximum Gasteiger partial charge on any atom is 0.479 e. The van der Waals surface area contributed by atoms with Crippen LogP contribution in [-0.2, 0) is 6.42 Å². The minimum absolute atomic E-state index is 0.0533. The number of carbonyl (C=O) groups excluding carboxylic acids is 1. The first-order valence-electron chi connectivity index (χ1n) is 5.54. The van der Waals surface area contributed by atoms with E-state index in [0.29, 0.717) is 18.4 Å². The monoisotopic (exact) mass is 276 g/mol. The van der Waals surface area contributed by atoms with Gasteiger partial charge in [-0.1, -0.05) is 0 Å². The number of carbonyl (C=O) groups is 1. The Morgan fingerprint density at radius 1 is 1.17 bits per heavy atom. The zero-order valence-electron chi connectivity index (χ0n) is 9.42. The van der Waals surface area contributed by atoms with E-state index in [-0.39, 0.29) is 11.5 Å². The molecule has 0 bridgehead atoms. The van der Waals surface area contributed by atoms with Crippen LogP contribution in [0, 0.1) is 0 Å². The Labute approximate surface area is 107 Å². The van der Waals surface area contributed by atoms with Crippen LogP contribution >= 0.6 is 12.0 Å². The van der Waals surface area contributed by atoms with E-state index >= 15 is 0 Å². The summed E-state index contributed by atoms with van der Waals surface area (Å²) in [5.41, 5.74) is -3.04. The molecule has 2 nitrogen and oxygen atoms in total. The summed E-state index contributed by atoms with van der Waals surface area (Å²) in [5, 5.41) is 0. The lowest BCUT2D eigenvalue weighted by Gasteiger charge is -2.09. The number of hydrogen-bond donors (Lipinski definition) is 0. The zero-order chi connectivity index (χ0) is 13.2. The van der Waals surface area contributed by atoms with E-state index in [1.54, 1.807) is 6.07 Å². The van der Waals surface area contributed by atoms with E-state index in [9.17, 15) is 18.0 Å². The van der Waals surface area contributed by atoms with Crippen LogP contribution in [-0.4, -0.2) is 11.3 Å². The third kappa shape index (κ3) is 3.41. The van der Waals surface area contributed by atoms with E-state index < -0.39 is 17.6 Å². The van der Waals surface area contributed by atoms with Crippen LogP contribution in [0.3, 0.4) is 0 Å². The average molecular weight is 276 g/mol. The highest BCUT2D eigenvalue weighted by atomic mass is 32.2. The van der Waals surface area contributed by atoms with E-state index in [4.69, 9.17) is 0 Å². The van der Waals surface area contributed by atoms with Gasteiger partial charge in [-0.2, -0.15) is 13.2 Å². The quantitative estimate of drug-likeness (QED) is 0.599. The summed E-state index contributed by atoms with van der Waals surface area (Å²) < 4.78 is 40.6. The Morgan fingerprint density at radius 3 is 2.61 bits per heavy atom. The summed E-state index contributed by atoms with van der Waals surface area (Å²) in [6.45, 7) is 0. The molecule has 0 saturated heterocycles. The molecule has 6 heteroatoms. The summed E-state index contributed by atoms with van der Waals surface area (Å²) in [6, 6.07) is 4.48. The Kier molecular flexibility index (Phi) is 3.85. The molecule has 1 aromatic carbocycles. The molecule has 0 amide bonds. The first kappa shape index (κ1) is 13.3. The fraction of sp³-hybridized carbons (Fsp3) is 0.417. The van der Waals surface area contributed by atoms with Crippen LogP contribution in [0.5, 0.6) is 5.75 Å². The van der Waals surface area contributed by atoms with Gasteiger partial charge in [0.1, 0.15) is 5.75 Å². The normalized spacial score (nSPS) is 16.1. The number of Topliss-reactive ketones (excluding diaryl/α,β-unsaturated/α-hetero) is 1. The maximum absolute atomic E-state index is 12.0. The van der Waals surface area contributed by atoms with Crippen molar-refractivity contribution in [1.29, 1.82) is 0 Å². The Balaban J connectivity index is 2.16. The third-order valence-electron chi connectivity index (χ3n) is 2.71. The lowest BCUT2D eigenvalue weighted by molar-refractivity contribution is -0.0369. The first-order chi connectivity index (χ1) is 8.46. The molecule has 1 aliphatic carbocycles. The zero-order valence-corrected chi connectivity index (χ0v) is 10.2. The topological polar surface area (TPSA) is 26.3 Å². The van der Waals surface area contributed by atoms with Crippen molar-refractivity contribution in [2.24, 2.45) is 0 Å². The second-order valence-corrected chi connectivity index (χ2v) is 4.86. The van der Waals surface area contributed by atoms with Crippen molar-refractivity contribution < 1.29 is 22.1 Å². The molecule has 0 unspecified atom stereocenters. The molecular formula is C12H11F3O2S. The van der Waals surface area contributed by atoms with Gasteiger partial charge in [0.2, 0.25) is 0 Å². The maximum atomic E-state index is 12.0. The minimum atomic E-state index is -4.43. The number of ketones is 1. The van der Waals surface area contributed by atoms with Crippen molar-refractivity contribution in [3.8, 4) is 5.75 Å². The summed E-state index contributed by atoms with van der Waals surface area (Å²) in [6.07, 6.45) is 2.90. The molecule has 0 aromatic heterocycles. The van der Waals surface area contributed by atoms with Gasteiger partial charge in [-0.3, -0.25) is 4.79 Å². The predicted octanol–water partition coefficient (Wildman–Crippen LogP) is 4.14. The van der Waals surface area contributed by atoms with Crippen molar-refractivity contribution in [2.75, 3.05) is 0 Å².